The molecule has 0 radical (unpaired) electrons. The molecule has 0 fully saturated rings. The standard InChI is InChI=1S/C18H18ClNS/c1-3-20-18(13-8-6-9-16(19)12(13)2)15-11-21-17-10-5-4-7-14(15)17/h4-11,18,20H,3H2,1-2H3. The van der Waals surface area contributed by atoms with Crippen molar-refractivity contribution in [3.05, 3.63) is 69.6 Å². The number of hydrogen-bond donors (Lipinski definition) is 1. The van der Waals surface area contributed by atoms with Crippen LogP contribution in [-0.2, 0) is 0 Å². The second kappa shape index (κ2) is 6.18. The van der Waals surface area contributed by atoms with Crippen molar-refractivity contribution in [2.45, 2.75) is 19.9 Å². The van der Waals surface area contributed by atoms with Gasteiger partial charge in [0.2, 0.25) is 0 Å². The number of hydrogen-bond acceptors (Lipinski definition) is 2. The summed E-state index contributed by atoms with van der Waals surface area (Å²) in [5.74, 6) is 0. The van der Waals surface area contributed by atoms with Crippen molar-refractivity contribution in [3.63, 3.8) is 0 Å². The van der Waals surface area contributed by atoms with E-state index in [1.54, 1.807) is 11.3 Å². The van der Waals surface area contributed by atoms with E-state index in [0.29, 0.717) is 0 Å². The lowest BCUT2D eigenvalue weighted by Gasteiger charge is -2.21. The van der Waals surface area contributed by atoms with Crippen LogP contribution in [0.2, 0.25) is 5.02 Å². The molecule has 1 N–H and O–H groups in total. The maximum Gasteiger partial charge on any atom is 0.0594 e. The third-order valence-corrected chi connectivity index (χ3v) is 5.24. The fourth-order valence-electron chi connectivity index (χ4n) is 2.75. The van der Waals surface area contributed by atoms with Gasteiger partial charge < -0.3 is 5.32 Å². The van der Waals surface area contributed by atoms with Gasteiger partial charge in [0.1, 0.15) is 0 Å². The molecule has 2 aromatic carbocycles. The SMILES string of the molecule is CCNC(c1cccc(Cl)c1C)c1csc2ccccc12. The summed E-state index contributed by atoms with van der Waals surface area (Å²) >= 11 is 8.11. The molecule has 0 spiro atoms. The highest BCUT2D eigenvalue weighted by atomic mass is 35.5. The summed E-state index contributed by atoms with van der Waals surface area (Å²) in [5.41, 5.74) is 3.75. The molecule has 1 heterocycles. The predicted octanol–water partition coefficient (Wildman–Crippen LogP) is 5.56. The van der Waals surface area contributed by atoms with Gasteiger partial charge in [0.05, 0.1) is 6.04 Å². The zero-order valence-corrected chi connectivity index (χ0v) is 13.8. The van der Waals surface area contributed by atoms with Gasteiger partial charge in [-0.25, -0.2) is 0 Å². The van der Waals surface area contributed by atoms with Crippen LogP contribution in [0.1, 0.15) is 29.7 Å². The van der Waals surface area contributed by atoms with Gasteiger partial charge in [0, 0.05) is 9.72 Å². The molecule has 3 rings (SSSR count). The Morgan fingerprint density at radius 2 is 1.90 bits per heavy atom. The number of rotatable bonds is 4. The van der Waals surface area contributed by atoms with Crippen molar-refractivity contribution in [1.29, 1.82) is 0 Å². The topological polar surface area (TPSA) is 12.0 Å². The summed E-state index contributed by atoms with van der Waals surface area (Å²) in [6.07, 6.45) is 0. The van der Waals surface area contributed by atoms with Crippen molar-refractivity contribution in [3.8, 4) is 0 Å². The Balaban J connectivity index is 2.16. The molecular formula is C18H18ClNS. The average molecular weight is 316 g/mol. The highest BCUT2D eigenvalue weighted by Crippen LogP contribution is 2.35. The molecule has 0 aliphatic rings. The van der Waals surface area contributed by atoms with Crippen molar-refractivity contribution in [2.75, 3.05) is 6.54 Å². The second-order valence-electron chi connectivity index (χ2n) is 5.13. The Labute approximate surface area is 134 Å². The Kier molecular flexibility index (Phi) is 4.29. The summed E-state index contributed by atoms with van der Waals surface area (Å²) in [6.45, 7) is 5.15. The van der Waals surface area contributed by atoms with Crippen LogP contribution in [0, 0.1) is 6.92 Å². The minimum absolute atomic E-state index is 0.185. The Bertz CT molecular complexity index is 763. The first-order valence-electron chi connectivity index (χ1n) is 7.17. The van der Waals surface area contributed by atoms with Crippen LogP contribution in [0.25, 0.3) is 10.1 Å². The largest absolute Gasteiger partial charge is 0.306 e. The first-order chi connectivity index (χ1) is 10.2. The van der Waals surface area contributed by atoms with E-state index < -0.39 is 0 Å². The molecule has 1 atom stereocenters. The van der Waals surface area contributed by atoms with E-state index in [2.05, 4.69) is 54.9 Å². The lowest BCUT2D eigenvalue weighted by molar-refractivity contribution is 0.633. The molecule has 0 bridgehead atoms. The predicted molar refractivity (Wildman–Crippen MR) is 93.5 cm³/mol. The molecule has 108 valence electrons. The molecule has 21 heavy (non-hydrogen) atoms. The summed E-state index contributed by atoms with van der Waals surface area (Å²) in [5, 5.41) is 8.03. The van der Waals surface area contributed by atoms with E-state index in [4.69, 9.17) is 11.6 Å². The quantitative estimate of drug-likeness (QED) is 0.664. The first kappa shape index (κ1) is 14.6. The number of benzene rings is 2. The van der Waals surface area contributed by atoms with Crippen LogP contribution in [0.3, 0.4) is 0 Å². The van der Waals surface area contributed by atoms with E-state index in [9.17, 15) is 0 Å². The zero-order valence-electron chi connectivity index (χ0n) is 12.2. The van der Waals surface area contributed by atoms with Crippen LogP contribution in [-0.4, -0.2) is 6.54 Å². The summed E-state index contributed by atoms with van der Waals surface area (Å²) < 4.78 is 1.33. The maximum atomic E-state index is 6.31. The molecule has 1 unspecified atom stereocenters. The normalized spacial score (nSPS) is 12.7. The van der Waals surface area contributed by atoms with Gasteiger partial charge in [-0.15, -0.1) is 11.3 Å². The molecule has 1 nitrogen and oxygen atoms in total. The Morgan fingerprint density at radius 1 is 1.10 bits per heavy atom. The van der Waals surface area contributed by atoms with E-state index in [-0.39, 0.29) is 6.04 Å². The van der Waals surface area contributed by atoms with Crippen LogP contribution < -0.4 is 5.32 Å². The van der Waals surface area contributed by atoms with E-state index in [0.717, 1.165) is 17.1 Å². The van der Waals surface area contributed by atoms with Gasteiger partial charge >= 0.3 is 0 Å². The lowest BCUT2D eigenvalue weighted by atomic mass is 9.94. The number of halogens is 1. The molecular weight excluding hydrogens is 298 g/mol. The second-order valence-corrected chi connectivity index (χ2v) is 6.45. The van der Waals surface area contributed by atoms with Gasteiger partial charge in [-0.05, 0) is 53.1 Å². The fraction of sp³-hybridized carbons (Fsp3) is 0.222. The number of fused-ring (bicyclic) bond motifs is 1. The van der Waals surface area contributed by atoms with E-state index in [1.807, 2.05) is 12.1 Å². The van der Waals surface area contributed by atoms with E-state index in [1.165, 1.54) is 21.2 Å². The molecule has 3 aromatic rings. The number of thiophene rings is 1. The van der Waals surface area contributed by atoms with Crippen LogP contribution in [0.5, 0.6) is 0 Å². The van der Waals surface area contributed by atoms with Crippen LogP contribution in [0.15, 0.2) is 47.8 Å². The summed E-state index contributed by atoms with van der Waals surface area (Å²) in [7, 11) is 0. The highest BCUT2D eigenvalue weighted by Gasteiger charge is 2.19. The van der Waals surface area contributed by atoms with Crippen molar-refractivity contribution in [1.82, 2.24) is 5.32 Å². The van der Waals surface area contributed by atoms with Gasteiger partial charge in [-0.1, -0.05) is 48.9 Å². The third kappa shape index (κ3) is 2.71. The van der Waals surface area contributed by atoms with Crippen molar-refractivity contribution >= 4 is 33.0 Å². The van der Waals surface area contributed by atoms with Crippen LogP contribution in [0.4, 0.5) is 0 Å². The minimum Gasteiger partial charge on any atom is -0.306 e. The summed E-state index contributed by atoms with van der Waals surface area (Å²) in [4.78, 5) is 0. The van der Waals surface area contributed by atoms with E-state index >= 15 is 0 Å². The van der Waals surface area contributed by atoms with Crippen LogP contribution >= 0.6 is 22.9 Å². The average Bonchev–Trinajstić information content (AvgIpc) is 2.92. The minimum atomic E-state index is 0.185. The zero-order chi connectivity index (χ0) is 14.8. The monoisotopic (exact) mass is 315 g/mol. The van der Waals surface area contributed by atoms with Gasteiger partial charge in [-0.3, -0.25) is 0 Å². The Morgan fingerprint density at radius 3 is 2.71 bits per heavy atom. The van der Waals surface area contributed by atoms with Crippen molar-refractivity contribution < 1.29 is 0 Å². The molecule has 0 amide bonds. The molecule has 0 saturated heterocycles. The third-order valence-electron chi connectivity index (χ3n) is 3.85. The molecule has 0 aliphatic carbocycles. The first-order valence-corrected chi connectivity index (χ1v) is 8.42. The van der Waals surface area contributed by atoms with Gasteiger partial charge in [0.25, 0.3) is 0 Å². The lowest BCUT2D eigenvalue weighted by Crippen LogP contribution is -2.22. The molecule has 0 aliphatic heterocycles. The molecule has 1 aromatic heterocycles. The maximum absolute atomic E-state index is 6.31. The Hall–Kier alpha value is -1.35. The smallest absolute Gasteiger partial charge is 0.0594 e. The fourth-order valence-corrected chi connectivity index (χ4v) is 3.92. The molecule has 3 heteroatoms. The highest BCUT2D eigenvalue weighted by molar-refractivity contribution is 7.17. The van der Waals surface area contributed by atoms with Crippen molar-refractivity contribution in [2.24, 2.45) is 0 Å². The van der Waals surface area contributed by atoms with Gasteiger partial charge in [0.15, 0.2) is 0 Å². The number of nitrogens with one attached hydrogen (secondary N) is 1. The van der Waals surface area contributed by atoms with Gasteiger partial charge in [-0.2, -0.15) is 0 Å². The molecule has 0 saturated carbocycles. The summed E-state index contributed by atoms with van der Waals surface area (Å²) in [6, 6.07) is 14.9.